The molecule has 5 nitrogen and oxygen atoms in total. The van der Waals surface area contributed by atoms with Crippen LogP contribution in [0.25, 0.3) is 0 Å². The van der Waals surface area contributed by atoms with Gasteiger partial charge in [0.05, 0.1) is 23.2 Å². The van der Waals surface area contributed by atoms with Crippen molar-refractivity contribution in [3.8, 4) is 0 Å². The van der Waals surface area contributed by atoms with Crippen LogP contribution < -0.4 is 5.32 Å². The average molecular weight is 452 g/mol. The summed E-state index contributed by atoms with van der Waals surface area (Å²) < 4.78 is 0. The maximum absolute atomic E-state index is 13.8. The van der Waals surface area contributed by atoms with E-state index in [1.807, 2.05) is 49.4 Å². The zero-order valence-electron chi connectivity index (χ0n) is 19.8. The van der Waals surface area contributed by atoms with E-state index in [2.05, 4.69) is 18.8 Å². The maximum atomic E-state index is 13.8. The first-order chi connectivity index (χ1) is 15.6. The van der Waals surface area contributed by atoms with E-state index in [-0.39, 0.29) is 29.7 Å². The Hall–Kier alpha value is -2.21. The van der Waals surface area contributed by atoms with Gasteiger partial charge in [-0.25, -0.2) is 0 Å². The molecule has 1 saturated heterocycles. The van der Waals surface area contributed by atoms with Crippen molar-refractivity contribution in [1.82, 2.24) is 5.32 Å². The van der Waals surface area contributed by atoms with Gasteiger partial charge in [-0.3, -0.25) is 4.79 Å². The van der Waals surface area contributed by atoms with Gasteiger partial charge in [-0.05, 0) is 49.2 Å². The fourth-order valence-corrected chi connectivity index (χ4v) is 6.61. The first kappa shape index (κ1) is 23.9. The number of benzene rings is 1. The largest absolute Gasteiger partial charge is 0.388 e. The molecule has 4 rings (SSSR count). The summed E-state index contributed by atoms with van der Waals surface area (Å²) in [5, 5.41) is 37.0. The molecule has 3 aliphatic rings. The van der Waals surface area contributed by atoms with E-state index in [0.717, 1.165) is 5.56 Å². The summed E-state index contributed by atoms with van der Waals surface area (Å²) in [5.41, 5.74) is -0.544. The van der Waals surface area contributed by atoms with Gasteiger partial charge in [0.1, 0.15) is 0 Å². The van der Waals surface area contributed by atoms with Gasteiger partial charge in [0, 0.05) is 17.9 Å². The molecule has 2 fully saturated rings. The molecule has 33 heavy (non-hydrogen) atoms. The lowest BCUT2D eigenvalue weighted by molar-refractivity contribution is -0.147. The van der Waals surface area contributed by atoms with Crippen molar-refractivity contribution in [2.75, 3.05) is 0 Å². The Kier molecular flexibility index (Phi) is 6.43. The molecule has 9 atom stereocenters. The highest BCUT2D eigenvalue weighted by Gasteiger charge is 2.67. The van der Waals surface area contributed by atoms with Crippen molar-refractivity contribution in [3.05, 3.63) is 72.4 Å². The molecule has 0 radical (unpaired) electrons. The standard InChI is InChI=1S/C28H37NO4/c1-17-9-8-12-21-25(31)19(3)18(2)24-22(15-20-10-6-5-7-11-20)29-26(32)28(21,24)23(30)13-14-27(4,33)16-17/h5-8,10-14,17-18,21-25,30-31,33H,3,9,15-16H2,1-2,4H3,(H,29,32). The second-order valence-corrected chi connectivity index (χ2v) is 10.7. The summed E-state index contributed by atoms with van der Waals surface area (Å²) in [6.45, 7) is 10.00. The Balaban J connectivity index is 1.85. The molecule has 1 amide bonds. The van der Waals surface area contributed by atoms with Crippen LogP contribution in [0.2, 0.25) is 0 Å². The molecule has 1 spiro atoms. The van der Waals surface area contributed by atoms with E-state index >= 15 is 0 Å². The van der Waals surface area contributed by atoms with Crippen molar-refractivity contribution >= 4 is 5.91 Å². The van der Waals surface area contributed by atoms with Crippen LogP contribution in [0.5, 0.6) is 0 Å². The monoisotopic (exact) mass is 451 g/mol. The third-order valence-electron chi connectivity index (χ3n) is 8.16. The molecule has 0 aromatic heterocycles. The normalized spacial score (nSPS) is 43.4. The Morgan fingerprint density at radius 2 is 1.85 bits per heavy atom. The number of carbonyl (C=O) groups excluding carboxylic acids is 1. The van der Waals surface area contributed by atoms with E-state index in [1.54, 1.807) is 19.1 Å². The summed E-state index contributed by atoms with van der Waals surface area (Å²) >= 11 is 0. The lowest BCUT2D eigenvalue weighted by atomic mass is 9.51. The minimum atomic E-state index is -1.25. The number of aliphatic hydroxyl groups is 3. The Morgan fingerprint density at radius 1 is 1.15 bits per heavy atom. The van der Waals surface area contributed by atoms with Crippen LogP contribution in [0, 0.1) is 29.1 Å². The number of hydrogen-bond acceptors (Lipinski definition) is 4. The predicted octanol–water partition coefficient (Wildman–Crippen LogP) is 3.17. The van der Waals surface area contributed by atoms with E-state index in [9.17, 15) is 20.1 Å². The quantitative estimate of drug-likeness (QED) is 0.520. The molecule has 178 valence electrons. The lowest BCUT2D eigenvalue weighted by Crippen LogP contribution is -2.59. The number of hydrogen-bond donors (Lipinski definition) is 4. The highest BCUT2D eigenvalue weighted by Crippen LogP contribution is 2.57. The number of amides is 1. The molecule has 9 unspecified atom stereocenters. The summed E-state index contributed by atoms with van der Waals surface area (Å²) in [5.74, 6) is -1.09. The van der Waals surface area contributed by atoms with Gasteiger partial charge >= 0.3 is 0 Å². The topological polar surface area (TPSA) is 89.8 Å². The van der Waals surface area contributed by atoms with E-state index in [1.165, 1.54) is 0 Å². The van der Waals surface area contributed by atoms with Crippen molar-refractivity contribution in [2.45, 2.75) is 63.9 Å². The third-order valence-corrected chi connectivity index (χ3v) is 8.16. The molecule has 2 aliphatic carbocycles. The SMILES string of the molecule is C=C1C(C)C2C(Cc3ccccc3)NC(=O)C23C(O)C=CC(C)(O)CC(C)CC=CC3C1O. The van der Waals surface area contributed by atoms with E-state index in [0.29, 0.717) is 24.8 Å². The molecule has 1 aliphatic heterocycles. The Labute approximate surface area is 196 Å². The van der Waals surface area contributed by atoms with Gasteiger partial charge in [-0.15, -0.1) is 0 Å². The van der Waals surface area contributed by atoms with Crippen LogP contribution in [0.3, 0.4) is 0 Å². The van der Waals surface area contributed by atoms with E-state index < -0.39 is 29.1 Å². The minimum absolute atomic E-state index is 0.176. The van der Waals surface area contributed by atoms with Crippen molar-refractivity contribution < 1.29 is 20.1 Å². The summed E-state index contributed by atoms with van der Waals surface area (Å²) in [4.78, 5) is 13.8. The van der Waals surface area contributed by atoms with Gasteiger partial charge in [-0.2, -0.15) is 0 Å². The van der Waals surface area contributed by atoms with Crippen LogP contribution >= 0.6 is 0 Å². The fourth-order valence-electron chi connectivity index (χ4n) is 6.61. The second kappa shape index (κ2) is 8.86. The molecule has 4 N–H and O–H groups in total. The second-order valence-electron chi connectivity index (χ2n) is 10.7. The number of aliphatic hydroxyl groups excluding tert-OH is 2. The number of rotatable bonds is 2. The smallest absolute Gasteiger partial charge is 0.230 e. The first-order valence-electron chi connectivity index (χ1n) is 12.1. The average Bonchev–Trinajstić information content (AvgIpc) is 3.04. The number of allylic oxidation sites excluding steroid dienone is 1. The van der Waals surface area contributed by atoms with Gasteiger partial charge < -0.3 is 20.6 Å². The minimum Gasteiger partial charge on any atom is -0.388 e. The molecule has 5 heteroatoms. The number of carbonyl (C=O) groups is 1. The molecular weight excluding hydrogens is 414 g/mol. The van der Waals surface area contributed by atoms with Crippen molar-refractivity contribution in [2.24, 2.45) is 29.1 Å². The molecule has 1 heterocycles. The Bertz CT molecular complexity index is 952. The van der Waals surface area contributed by atoms with Crippen LogP contribution in [0.15, 0.2) is 66.8 Å². The summed E-state index contributed by atoms with van der Waals surface area (Å²) in [6, 6.07) is 9.80. The van der Waals surface area contributed by atoms with Gasteiger partial charge in [0.15, 0.2) is 0 Å². The predicted molar refractivity (Wildman–Crippen MR) is 129 cm³/mol. The van der Waals surface area contributed by atoms with Crippen LogP contribution in [0.1, 0.15) is 39.2 Å². The van der Waals surface area contributed by atoms with Crippen molar-refractivity contribution in [3.63, 3.8) is 0 Å². The highest BCUT2D eigenvalue weighted by molar-refractivity contribution is 5.88. The molecule has 1 aromatic carbocycles. The van der Waals surface area contributed by atoms with Crippen LogP contribution in [-0.2, 0) is 11.2 Å². The maximum Gasteiger partial charge on any atom is 0.230 e. The molecule has 1 aromatic rings. The zero-order valence-corrected chi connectivity index (χ0v) is 19.8. The first-order valence-corrected chi connectivity index (χ1v) is 12.1. The van der Waals surface area contributed by atoms with E-state index in [4.69, 9.17) is 0 Å². The summed E-state index contributed by atoms with van der Waals surface area (Å²) in [6.07, 6.45) is 6.88. The van der Waals surface area contributed by atoms with Gasteiger partial charge in [-0.1, -0.05) is 75.1 Å². The van der Waals surface area contributed by atoms with Crippen LogP contribution in [0.4, 0.5) is 0 Å². The molecular formula is C28H37NO4. The third kappa shape index (κ3) is 4.11. The summed E-state index contributed by atoms with van der Waals surface area (Å²) in [7, 11) is 0. The van der Waals surface area contributed by atoms with Gasteiger partial charge in [0.25, 0.3) is 0 Å². The molecule has 1 saturated carbocycles. The van der Waals surface area contributed by atoms with Crippen molar-refractivity contribution in [1.29, 1.82) is 0 Å². The van der Waals surface area contributed by atoms with Gasteiger partial charge in [0.2, 0.25) is 5.91 Å². The van der Waals surface area contributed by atoms with Crippen LogP contribution in [-0.4, -0.2) is 45.1 Å². The number of nitrogens with one attached hydrogen (secondary N) is 1. The highest BCUT2D eigenvalue weighted by atomic mass is 16.3. The zero-order chi connectivity index (χ0) is 24.0. The lowest BCUT2D eigenvalue weighted by Gasteiger charge is -2.51. The molecule has 0 bridgehead atoms. The fraction of sp³-hybridized carbons (Fsp3) is 0.536. The Morgan fingerprint density at radius 3 is 2.55 bits per heavy atom.